The van der Waals surface area contributed by atoms with Crippen LogP contribution in [0.4, 0.5) is 15.2 Å². The number of aromatic nitrogens is 2. The topological polar surface area (TPSA) is 101 Å². The standard InChI is InChI=1S/C15H10ClFN4O3S2/c16-11-8-10(6-7-12(11)17)21-26(23,24)15-20-19-14(25-15)18-13(22)9-4-2-1-3-5-9/h1-8,21H,(H,18,19,22). The highest BCUT2D eigenvalue weighted by atomic mass is 35.5. The van der Waals surface area contributed by atoms with Crippen molar-refractivity contribution >= 4 is 49.7 Å². The number of rotatable bonds is 5. The highest BCUT2D eigenvalue weighted by Gasteiger charge is 2.21. The maximum absolute atomic E-state index is 13.1. The van der Waals surface area contributed by atoms with E-state index in [0.717, 1.165) is 12.1 Å². The molecule has 0 bridgehead atoms. The normalized spacial score (nSPS) is 11.2. The molecular weight excluding hydrogens is 403 g/mol. The van der Waals surface area contributed by atoms with Crippen LogP contribution in [0, 0.1) is 5.82 Å². The molecule has 1 heterocycles. The molecule has 2 aromatic carbocycles. The van der Waals surface area contributed by atoms with E-state index >= 15 is 0 Å². The van der Waals surface area contributed by atoms with E-state index in [1.54, 1.807) is 30.3 Å². The molecule has 0 aliphatic rings. The second-order valence-corrected chi connectivity index (χ2v) is 8.17. The van der Waals surface area contributed by atoms with Crippen LogP contribution in [0.3, 0.4) is 0 Å². The summed E-state index contributed by atoms with van der Waals surface area (Å²) in [6.45, 7) is 0. The summed E-state index contributed by atoms with van der Waals surface area (Å²) in [5.74, 6) is -1.11. The molecule has 134 valence electrons. The van der Waals surface area contributed by atoms with Crippen LogP contribution in [-0.2, 0) is 10.0 Å². The van der Waals surface area contributed by atoms with Gasteiger partial charge in [0.25, 0.3) is 20.3 Å². The van der Waals surface area contributed by atoms with E-state index in [2.05, 4.69) is 20.2 Å². The van der Waals surface area contributed by atoms with Crippen LogP contribution >= 0.6 is 22.9 Å². The molecule has 1 amide bonds. The maximum atomic E-state index is 13.1. The molecule has 3 aromatic rings. The lowest BCUT2D eigenvalue weighted by Gasteiger charge is -2.05. The number of hydrogen-bond donors (Lipinski definition) is 2. The van der Waals surface area contributed by atoms with Gasteiger partial charge in [0.1, 0.15) is 5.82 Å². The zero-order chi connectivity index (χ0) is 18.7. The van der Waals surface area contributed by atoms with Gasteiger partial charge in [-0.1, -0.05) is 41.1 Å². The third-order valence-electron chi connectivity index (χ3n) is 3.06. The second kappa shape index (κ2) is 7.36. The zero-order valence-corrected chi connectivity index (χ0v) is 15.2. The van der Waals surface area contributed by atoms with Gasteiger partial charge in [0.05, 0.1) is 10.7 Å². The molecule has 0 fully saturated rings. The van der Waals surface area contributed by atoms with Crippen molar-refractivity contribution in [2.24, 2.45) is 0 Å². The van der Waals surface area contributed by atoms with Crippen LogP contribution in [0.2, 0.25) is 5.02 Å². The third kappa shape index (κ3) is 4.15. The summed E-state index contributed by atoms with van der Waals surface area (Å²) in [5, 5.41) is 9.49. The molecule has 11 heteroatoms. The van der Waals surface area contributed by atoms with E-state index in [9.17, 15) is 17.6 Å². The molecule has 0 saturated heterocycles. The van der Waals surface area contributed by atoms with Gasteiger partial charge in [-0.3, -0.25) is 14.8 Å². The van der Waals surface area contributed by atoms with Crippen molar-refractivity contribution < 1.29 is 17.6 Å². The van der Waals surface area contributed by atoms with Crippen molar-refractivity contribution in [3.63, 3.8) is 0 Å². The Bertz CT molecular complexity index is 1060. The van der Waals surface area contributed by atoms with Gasteiger partial charge in [0, 0.05) is 5.56 Å². The third-order valence-corrected chi connectivity index (χ3v) is 5.94. The van der Waals surface area contributed by atoms with Crippen LogP contribution in [-0.4, -0.2) is 24.5 Å². The van der Waals surface area contributed by atoms with E-state index in [1.807, 2.05) is 0 Å². The van der Waals surface area contributed by atoms with E-state index in [4.69, 9.17) is 11.6 Å². The number of sulfonamides is 1. The van der Waals surface area contributed by atoms with Crippen molar-refractivity contribution in [2.75, 3.05) is 10.0 Å². The molecular formula is C15H10ClFN4O3S2. The molecule has 0 saturated carbocycles. The zero-order valence-electron chi connectivity index (χ0n) is 12.8. The molecule has 0 radical (unpaired) electrons. The monoisotopic (exact) mass is 412 g/mol. The first-order valence-corrected chi connectivity index (χ1v) is 9.71. The summed E-state index contributed by atoms with van der Waals surface area (Å²) in [6, 6.07) is 11.8. The van der Waals surface area contributed by atoms with Gasteiger partial charge < -0.3 is 0 Å². The minimum atomic E-state index is -4.06. The molecule has 0 unspecified atom stereocenters. The predicted molar refractivity (Wildman–Crippen MR) is 96.5 cm³/mol. The van der Waals surface area contributed by atoms with Crippen molar-refractivity contribution in [1.29, 1.82) is 0 Å². The predicted octanol–water partition coefficient (Wildman–Crippen LogP) is 3.38. The van der Waals surface area contributed by atoms with Crippen molar-refractivity contribution in [2.45, 2.75) is 4.34 Å². The Kier molecular flexibility index (Phi) is 5.16. The molecule has 1 aromatic heterocycles. The summed E-state index contributed by atoms with van der Waals surface area (Å²) < 4.78 is 39.6. The van der Waals surface area contributed by atoms with Gasteiger partial charge in [0.15, 0.2) is 0 Å². The second-order valence-electron chi connectivity index (χ2n) is 4.93. The Morgan fingerprint density at radius 1 is 1.12 bits per heavy atom. The van der Waals surface area contributed by atoms with Gasteiger partial charge in [-0.25, -0.2) is 4.39 Å². The number of nitrogens with zero attached hydrogens (tertiary/aromatic N) is 2. The fourth-order valence-electron chi connectivity index (χ4n) is 1.89. The van der Waals surface area contributed by atoms with Gasteiger partial charge in [-0.15, -0.1) is 10.2 Å². The van der Waals surface area contributed by atoms with Crippen LogP contribution in [0.1, 0.15) is 10.4 Å². The van der Waals surface area contributed by atoms with E-state index in [1.165, 1.54) is 6.07 Å². The van der Waals surface area contributed by atoms with Gasteiger partial charge in [-0.2, -0.15) is 8.42 Å². The molecule has 0 aliphatic heterocycles. The average molecular weight is 413 g/mol. The summed E-state index contributed by atoms with van der Waals surface area (Å²) >= 11 is 6.30. The lowest BCUT2D eigenvalue weighted by molar-refractivity contribution is 0.102. The number of benzene rings is 2. The lowest BCUT2D eigenvalue weighted by atomic mass is 10.2. The summed E-state index contributed by atoms with van der Waals surface area (Å²) in [4.78, 5) is 12.0. The van der Waals surface area contributed by atoms with Gasteiger partial charge in [0.2, 0.25) is 5.13 Å². The molecule has 0 aliphatic carbocycles. The maximum Gasteiger partial charge on any atom is 0.291 e. The molecule has 2 N–H and O–H groups in total. The molecule has 3 rings (SSSR count). The van der Waals surface area contributed by atoms with Crippen molar-refractivity contribution in [1.82, 2.24) is 10.2 Å². The quantitative estimate of drug-likeness (QED) is 0.625. The highest BCUT2D eigenvalue weighted by Crippen LogP contribution is 2.25. The molecule has 0 atom stereocenters. The van der Waals surface area contributed by atoms with Crippen LogP contribution in [0.25, 0.3) is 0 Å². The number of carbonyl (C=O) groups is 1. The summed E-state index contributed by atoms with van der Waals surface area (Å²) in [5.41, 5.74) is 0.465. The minimum Gasteiger partial charge on any atom is -0.296 e. The minimum absolute atomic E-state index is 0.0244. The smallest absolute Gasteiger partial charge is 0.291 e. The lowest BCUT2D eigenvalue weighted by Crippen LogP contribution is -2.12. The summed E-state index contributed by atoms with van der Waals surface area (Å²) in [7, 11) is -4.06. The van der Waals surface area contributed by atoms with Gasteiger partial charge >= 0.3 is 0 Å². The van der Waals surface area contributed by atoms with Gasteiger partial charge in [-0.05, 0) is 30.3 Å². The SMILES string of the molecule is O=C(Nc1nnc(S(=O)(=O)Nc2ccc(F)c(Cl)c2)s1)c1ccccc1. The highest BCUT2D eigenvalue weighted by molar-refractivity contribution is 7.94. The van der Waals surface area contributed by atoms with E-state index in [-0.39, 0.29) is 20.2 Å². The number of halogens is 2. The number of carbonyl (C=O) groups excluding carboxylic acids is 1. The molecule has 26 heavy (non-hydrogen) atoms. The van der Waals surface area contributed by atoms with Crippen molar-refractivity contribution in [3.8, 4) is 0 Å². The number of nitrogens with one attached hydrogen (secondary N) is 2. The first-order chi connectivity index (χ1) is 12.3. The first-order valence-electron chi connectivity index (χ1n) is 7.03. The van der Waals surface area contributed by atoms with E-state index in [0.29, 0.717) is 16.9 Å². The van der Waals surface area contributed by atoms with Crippen molar-refractivity contribution in [3.05, 3.63) is 64.9 Å². The number of amides is 1. The Balaban J connectivity index is 1.75. The largest absolute Gasteiger partial charge is 0.296 e. The Morgan fingerprint density at radius 2 is 1.85 bits per heavy atom. The number of anilines is 2. The number of hydrogen-bond acceptors (Lipinski definition) is 6. The average Bonchev–Trinajstić information content (AvgIpc) is 3.08. The first kappa shape index (κ1) is 18.2. The fraction of sp³-hybridized carbons (Fsp3) is 0. The van der Waals surface area contributed by atoms with E-state index < -0.39 is 21.7 Å². The van der Waals surface area contributed by atoms with Crippen LogP contribution < -0.4 is 10.0 Å². The molecule has 0 spiro atoms. The van der Waals surface area contributed by atoms with Crippen LogP contribution in [0.15, 0.2) is 52.9 Å². The Labute approximate surface area is 156 Å². The fourth-order valence-corrected chi connectivity index (χ4v) is 4.01. The Morgan fingerprint density at radius 3 is 2.54 bits per heavy atom. The van der Waals surface area contributed by atoms with Crippen LogP contribution in [0.5, 0.6) is 0 Å². The molecule has 7 nitrogen and oxygen atoms in total. The Hall–Kier alpha value is -2.56. The summed E-state index contributed by atoms with van der Waals surface area (Å²) in [6.07, 6.45) is 0.